The van der Waals surface area contributed by atoms with Gasteiger partial charge in [0.2, 0.25) is 5.88 Å². The minimum atomic E-state index is -0.481. The Bertz CT molecular complexity index is 844. The molecule has 1 aromatic heterocycles. The van der Waals surface area contributed by atoms with Crippen LogP contribution in [0.4, 0.5) is 5.88 Å². The van der Waals surface area contributed by atoms with Crippen LogP contribution < -0.4 is 5.32 Å². The molecule has 2 aromatic rings. The maximum Gasteiger partial charge on any atom is 0.250 e. The number of carbonyl (C=O) groups is 2. The van der Waals surface area contributed by atoms with E-state index in [-0.39, 0.29) is 22.8 Å². The highest BCUT2D eigenvalue weighted by Crippen LogP contribution is 2.26. The lowest BCUT2D eigenvalue weighted by atomic mass is 10.1. The summed E-state index contributed by atoms with van der Waals surface area (Å²) in [6.45, 7) is 2.90. The van der Waals surface area contributed by atoms with Gasteiger partial charge in [-0.15, -0.1) is 0 Å². The number of anilines is 1. The molecule has 0 fully saturated rings. The molecule has 1 aromatic carbocycles. The zero-order valence-electron chi connectivity index (χ0n) is 12.5. The zero-order valence-corrected chi connectivity index (χ0v) is 13.3. The fraction of sp³-hybridized carbons (Fsp3) is 0.118. The van der Waals surface area contributed by atoms with Crippen molar-refractivity contribution in [1.29, 1.82) is 5.26 Å². The molecule has 0 radical (unpaired) electrons. The monoisotopic (exact) mass is 328 g/mol. The van der Waals surface area contributed by atoms with Gasteiger partial charge in [-0.1, -0.05) is 23.7 Å². The predicted molar refractivity (Wildman–Crippen MR) is 87.3 cm³/mol. The van der Waals surface area contributed by atoms with Crippen molar-refractivity contribution in [2.45, 2.75) is 13.8 Å². The second-order valence-corrected chi connectivity index (χ2v) is 5.22. The third-order valence-corrected chi connectivity index (χ3v) is 3.30. The van der Waals surface area contributed by atoms with Crippen LogP contribution >= 0.6 is 11.6 Å². The number of nitrogens with one attached hydrogen (secondary N) is 1. The lowest BCUT2D eigenvalue weighted by Crippen LogP contribution is -2.08. The van der Waals surface area contributed by atoms with Crippen LogP contribution in [0.2, 0.25) is 5.02 Å². The molecule has 0 spiro atoms. The highest BCUT2D eigenvalue weighted by molar-refractivity contribution is 6.30. The number of ketones is 1. The smallest absolute Gasteiger partial charge is 0.250 e. The van der Waals surface area contributed by atoms with Crippen molar-refractivity contribution in [2.24, 2.45) is 0 Å². The molecule has 1 heterocycles. The van der Waals surface area contributed by atoms with Crippen LogP contribution in [0.5, 0.6) is 0 Å². The van der Waals surface area contributed by atoms with Crippen LogP contribution in [-0.2, 0) is 4.79 Å². The predicted octanol–water partition coefficient (Wildman–Crippen LogP) is 3.97. The van der Waals surface area contributed by atoms with Gasteiger partial charge in [-0.3, -0.25) is 14.9 Å². The number of hydrogen-bond donors (Lipinski definition) is 1. The van der Waals surface area contributed by atoms with E-state index in [4.69, 9.17) is 21.3 Å². The first-order chi connectivity index (χ1) is 10.9. The van der Waals surface area contributed by atoms with Crippen LogP contribution in [0, 0.1) is 18.3 Å². The van der Waals surface area contributed by atoms with E-state index in [1.807, 2.05) is 6.07 Å². The fourth-order valence-electron chi connectivity index (χ4n) is 2.10. The number of hydrogen-bond acceptors (Lipinski definition) is 4. The molecular formula is C17H13ClN2O3. The number of nitriles is 1. The van der Waals surface area contributed by atoms with Crippen LogP contribution in [0.3, 0.4) is 0 Å². The molecule has 0 bridgehead atoms. The Morgan fingerprint density at radius 2 is 2.13 bits per heavy atom. The molecule has 0 aliphatic heterocycles. The third kappa shape index (κ3) is 3.87. The summed E-state index contributed by atoms with van der Waals surface area (Å²) in [5.74, 6) is -0.512. The lowest BCUT2D eigenvalue weighted by Gasteiger charge is -1.98. The molecule has 116 valence electrons. The summed E-state index contributed by atoms with van der Waals surface area (Å²) in [6, 6.07) is 8.88. The third-order valence-electron chi connectivity index (χ3n) is 3.06. The topological polar surface area (TPSA) is 83.1 Å². The number of Topliss-reactive ketones (excluding diaryl/α,β-unsaturated/α-hetero) is 1. The van der Waals surface area contributed by atoms with E-state index in [0.717, 1.165) is 5.56 Å². The Balaban J connectivity index is 2.20. The number of halogens is 1. The van der Waals surface area contributed by atoms with Gasteiger partial charge in [0.25, 0.3) is 5.91 Å². The maximum atomic E-state index is 11.9. The van der Waals surface area contributed by atoms with Gasteiger partial charge >= 0.3 is 0 Å². The number of furan rings is 1. The molecule has 1 N–H and O–H groups in total. The largest absolute Gasteiger partial charge is 0.443 e. The molecule has 5 nitrogen and oxygen atoms in total. The average molecular weight is 329 g/mol. The van der Waals surface area contributed by atoms with Crippen LogP contribution in [0.15, 0.2) is 34.8 Å². The molecule has 0 aliphatic carbocycles. The number of aryl methyl sites for hydroxylation is 1. The summed E-state index contributed by atoms with van der Waals surface area (Å²) in [5, 5.41) is 12.2. The normalized spacial score (nSPS) is 10.5. The zero-order chi connectivity index (χ0) is 17.0. The maximum absolute atomic E-state index is 11.9. The Morgan fingerprint density at radius 1 is 1.39 bits per heavy atom. The first-order valence-corrected chi connectivity index (χ1v) is 7.09. The molecule has 2 rings (SSSR count). The minimum absolute atomic E-state index is 0.0273. The first kappa shape index (κ1) is 16.5. The molecule has 0 aliphatic rings. The fourth-order valence-corrected chi connectivity index (χ4v) is 2.30. The summed E-state index contributed by atoms with van der Waals surface area (Å²) >= 11 is 5.86. The van der Waals surface area contributed by atoms with Crippen molar-refractivity contribution in [1.82, 2.24) is 0 Å². The highest BCUT2D eigenvalue weighted by Gasteiger charge is 2.21. The van der Waals surface area contributed by atoms with Gasteiger partial charge in [-0.25, -0.2) is 0 Å². The molecule has 0 saturated heterocycles. The second-order valence-electron chi connectivity index (χ2n) is 4.78. The second kappa shape index (κ2) is 6.95. The van der Waals surface area contributed by atoms with Gasteiger partial charge in [-0.05, 0) is 37.6 Å². The Labute approximate surface area is 138 Å². The van der Waals surface area contributed by atoms with E-state index in [9.17, 15) is 9.59 Å². The average Bonchev–Trinajstić information content (AvgIpc) is 2.80. The van der Waals surface area contributed by atoms with E-state index in [1.54, 1.807) is 37.3 Å². The van der Waals surface area contributed by atoms with Crippen molar-refractivity contribution in [3.63, 3.8) is 0 Å². The van der Waals surface area contributed by atoms with E-state index in [1.165, 1.54) is 13.0 Å². The molecule has 0 atom stereocenters. The van der Waals surface area contributed by atoms with Gasteiger partial charge in [0, 0.05) is 11.1 Å². The van der Waals surface area contributed by atoms with E-state index in [2.05, 4.69) is 5.32 Å². The van der Waals surface area contributed by atoms with Crippen molar-refractivity contribution in [3.05, 3.63) is 57.8 Å². The number of nitrogens with zero attached hydrogens (tertiary/aromatic N) is 1. The summed E-state index contributed by atoms with van der Waals surface area (Å²) in [4.78, 5) is 23.5. The molecular weight excluding hydrogens is 316 g/mol. The number of rotatable bonds is 4. The van der Waals surface area contributed by atoms with Gasteiger partial charge in [0.1, 0.15) is 17.4 Å². The quantitative estimate of drug-likeness (QED) is 0.680. The van der Waals surface area contributed by atoms with Crippen LogP contribution in [0.25, 0.3) is 6.08 Å². The number of carbonyl (C=O) groups excluding carboxylic acids is 2. The number of benzene rings is 1. The van der Waals surface area contributed by atoms with Crippen LogP contribution in [0.1, 0.15) is 34.2 Å². The summed E-state index contributed by atoms with van der Waals surface area (Å²) in [5.41, 5.74) is 0.967. The highest BCUT2D eigenvalue weighted by atomic mass is 35.5. The van der Waals surface area contributed by atoms with Crippen LogP contribution in [-0.4, -0.2) is 11.7 Å². The standard InChI is InChI=1S/C17H13ClN2O3/c1-10(21)16-11(2)23-17(14(16)9-19)20-15(22)7-6-12-4-3-5-13(18)8-12/h3-8H,1-2H3,(H,20,22)/b7-6+. The Morgan fingerprint density at radius 3 is 2.74 bits per heavy atom. The van der Waals surface area contributed by atoms with Crippen molar-refractivity contribution < 1.29 is 14.0 Å². The SMILES string of the molecule is CC(=O)c1c(C)oc(NC(=O)/C=C/c2cccc(Cl)c2)c1C#N. The van der Waals surface area contributed by atoms with Crippen molar-refractivity contribution in [3.8, 4) is 6.07 Å². The number of amides is 1. The van der Waals surface area contributed by atoms with Crippen molar-refractivity contribution in [2.75, 3.05) is 5.32 Å². The lowest BCUT2D eigenvalue weighted by molar-refractivity contribution is -0.111. The molecule has 1 amide bonds. The summed E-state index contributed by atoms with van der Waals surface area (Å²) < 4.78 is 5.31. The Kier molecular flexibility index (Phi) is 4.99. The van der Waals surface area contributed by atoms with E-state index >= 15 is 0 Å². The molecule has 0 unspecified atom stereocenters. The molecule has 6 heteroatoms. The minimum Gasteiger partial charge on any atom is -0.443 e. The van der Waals surface area contributed by atoms with Gasteiger partial charge in [-0.2, -0.15) is 5.26 Å². The van der Waals surface area contributed by atoms with Gasteiger partial charge in [0.05, 0.1) is 5.56 Å². The summed E-state index contributed by atoms with van der Waals surface area (Å²) in [7, 11) is 0. The van der Waals surface area contributed by atoms with E-state index < -0.39 is 5.91 Å². The van der Waals surface area contributed by atoms with Gasteiger partial charge < -0.3 is 4.42 Å². The van der Waals surface area contributed by atoms with Crippen molar-refractivity contribution >= 4 is 35.3 Å². The Hall–Kier alpha value is -2.84. The first-order valence-electron chi connectivity index (χ1n) is 6.71. The molecule has 0 saturated carbocycles. The van der Waals surface area contributed by atoms with Gasteiger partial charge in [0.15, 0.2) is 5.78 Å². The molecule has 23 heavy (non-hydrogen) atoms. The van der Waals surface area contributed by atoms with E-state index in [0.29, 0.717) is 10.8 Å². The summed E-state index contributed by atoms with van der Waals surface area (Å²) in [6.07, 6.45) is 2.87.